The predicted molar refractivity (Wildman–Crippen MR) is 113 cm³/mol. The molecule has 0 heterocycles. The number of ether oxygens (including phenoxy) is 3. The lowest BCUT2D eigenvalue weighted by molar-refractivity contribution is -0.127. The summed E-state index contributed by atoms with van der Waals surface area (Å²) in [6, 6.07) is 11.1. The van der Waals surface area contributed by atoms with Gasteiger partial charge in [0.15, 0.2) is 17.6 Å². The lowest BCUT2D eigenvalue weighted by atomic mass is 10.2. The molecule has 2 aromatic carbocycles. The molecule has 2 rings (SSSR count). The molecule has 1 unspecified atom stereocenters. The highest BCUT2D eigenvalue weighted by Crippen LogP contribution is 2.28. The van der Waals surface area contributed by atoms with Crippen LogP contribution in [0, 0.1) is 6.92 Å². The molecule has 2 aromatic rings. The van der Waals surface area contributed by atoms with Gasteiger partial charge in [-0.3, -0.25) is 4.79 Å². The van der Waals surface area contributed by atoms with Gasteiger partial charge in [-0.2, -0.15) is 5.10 Å². The number of methoxy groups -OCH3 is 1. The van der Waals surface area contributed by atoms with Crippen molar-refractivity contribution >= 4 is 28.1 Å². The van der Waals surface area contributed by atoms with Crippen molar-refractivity contribution in [2.45, 2.75) is 33.3 Å². The number of rotatable bonds is 9. The first kappa shape index (κ1) is 21.8. The summed E-state index contributed by atoms with van der Waals surface area (Å²) in [6.07, 6.45) is 1.76. The zero-order valence-corrected chi connectivity index (χ0v) is 18.1. The van der Waals surface area contributed by atoms with Crippen LogP contribution in [0.5, 0.6) is 17.2 Å². The third-order valence-electron chi connectivity index (χ3n) is 3.80. The molecule has 0 bridgehead atoms. The van der Waals surface area contributed by atoms with Crippen LogP contribution in [0.25, 0.3) is 0 Å². The van der Waals surface area contributed by atoms with E-state index < -0.39 is 6.10 Å². The average Bonchev–Trinajstić information content (AvgIpc) is 2.68. The van der Waals surface area contributed by atoms with Gasteiger partial charge in [-0.25, -0.2) is 5.43 Å². The second-order valence-corrected chi connectivity index (χ2v) is 7.04. The zero-order valence-electron chi connectivity index (χ0n) is 16.5. The minimum absolute atomic E-state index is 0.349. The second-order valence-electron chi connectivity index (χ2n) is 6.19. The molecule has 0 saturated carbocycles. The first-order chi connectivity index (χ1) is 13.4. The van der Waals surface area contributed by atoms with Crippen LogP contribution >= 0.6 is 15.9 Å². The number of benzene rings is 2. The van der Waals surface area contributed by atoms with Crippen molar-refractivity contribution < 1.29 is 19.0 Å². The molecule has 0 aromatic heterocycles. The molecule has 7 heteroatoms. The van der Waals surface area contributed by atoms with E-state index in [4.69, 9.17) is 14.2 Å². The molecule has 0 aliphatic heterocycles. The number of carbonyl (C=O) groups excluding carboxylic acids is 1. The summed E-state index contributed by atoms with van der Waals surface area (Å²) in [5.74, 6) is 1.55. The smallest absolute Gasteiger partial charge is 0.280 e. The van der Waals surface area contributed by atoms with Gasteiger partial charge in [0.2, 0.25) is 0 Å². The summed E-state index contributed by atoms with van der Waals surface area (Å²) in [5.41, 5.74) is 4.36. The van der Waals surface area contributed by atoms with Crippen LogP contribution in [0.3, 0.4) is 0 Å². The summed E-state index contributed by atoms with van der Waals surface area (Å²) < 4.78 is 17.4. The first-order valence-corrected chi connectivity index (χ1v) is 9.80. The van der Waals surface area contributed by atoms with Gasteiger partial charge in [0, 0.05) is 0 Å². The van der Waals surface area contributed by atoms with E-state index in [0.717, 1.165) is 22.0 Å². The molecule has 6 nitrogen and oxygen atoms in total. The van der Waals surface area contributed by atoms with Crippen LogP contribution < -0.4 is 19.6 Å². The van der Waals surface area contributed by atoms with Gasteiger partial charge in [-0.15, -0.1) is 0 Å². The third-order valence-corrected chi connectivity index (χ3v) is 4.42. The number of aryl methyl sites for hydroxylation is 1. The Labute approximate surface area is 174 Å². The van der Waals surface area contributed by atoms with Gasteiger partial charge in [0.1, 0.15) is 5.75 Å². The topological polar surface area (TPSA) is 69.2 Å². The molecule has 150 valence electrons. The molecular weight excluding hydrogens is 424 g/mol. The van der Waals surface area contributed by atoms with Crippen LogP contribution in [-0.2, 0) is 4.79 Å². The molecule has 0 fully saturated rings. The maximum absolute atomic E-state index is 12.2. The summed E-state index contributed by atoms with van der Waals surface area (Å²) in [5, 5.41) is 4.00. The van der Waals surface area contributed by atoms with E-state index in [1.165, 1.54) is 0 Å². The van der Waals surface area contributed by atoms with Crippen molar-refractivity contribution in [3.05, 3.63) is 52.0 Å². The molecule has 0 aliphatic rings. The Morgan fingerprint density at radius 2 is 1.96 bits per heavy atom. The maximum atomic E-state index is 12.2. The van der Waals surface area contributed by atoms with Crippen LogP contribution in [0.2, 0.25) is 0 Å². The zero-order chi connectivity index (χ0) is 20.5. The quantitative estimate of drug-likeness (QED) is 0.453. The van der Waals surface area contributed by atoms with Gasteiger partial charge < -0.3 is 14.2 Å². The van der Waals surface area contributed by atoms with Crippen molar-refractivity contribution in [3.63, 3.8) is 0 Å². The Morgan fingerprint density at radius 3 is 2.64 bits per heavy atom. The number of nitrogens with one attached hydrogen (secondary N) is 1. The normalized spacial score (nSPS) is 11.9. The van der Waals surface area contributed by atoms with Gasteiger partial charge >= 0.3 is 0 Å². The van der Waals surface area contributed by atoms with Crippen molar-refractivity contribution in [3.8, 4) is 17.2 Å². The largest absolute Gasteiger partial charge is 0.493 e. The van der Waals surface area contributed by atoms with Gasteiger partial charge in [-0.1, -0.05) is 13.0 Å². The number of amides is 1. The molecule has 1 atom stereocenters. The van der Waals surface area contributed by atoms with E-state index in [9.17, 15) is 4.79 Å². The SMILES string of the molecule is CCCOc1ccc(C=NNC(=O)C(C)Oc2ccc(C)cc2Br)cc1OC. The van der Waals surface area contributed by atoms with Crippen LogP contribution in [0.1, 0.15) is 31.4 Å². The Hall–Kier alpha value is -2.54. The lowest BCUT2D eigenvalue weighted by Crippen LogP contribution is -2.33. The van der Waals surface area contributed by atoms with E-state index in [0.29, 0.717) is 23.9 Å². The molecule has 28 heavy (non-hydrogen) atoms. The highest BCUT2D eigenvalue weighted by atomic mass is 79.9. The number of carbonyl (C=O) groups is 1. The van der Waals surface area contributed by atoms with Crippen LogP contribution in [0.15, 0.2) is 46.0 Å². The monoisotopic (exact) mass is 448 g/mol. The summed E-state index contributed by atoms with van der Waals surface area (Å²) in [4.78, 5) is 12.2. The maximum Gasteiger partial charge on any atom is 0.280 e. The Kier molecular flexibility index (Phi) is 8.32. The first-order valence-electron chi connectivity index (χ1n) is 9.01. The van der Waals surface area contributed by atoms with Gasteiger partial charge in [0.05, 0.1) is 24.4 Å². The van der Waals surface area contributed by atoms with Crippen molar-refractivity contribution in [2.75, 3.05) is 13.7 Å². The number of hydrogen-bond donors (Lipinski definition) is 1. The highest BCUT2D eigenvalue weighted by Gasteiger charge is 2.15. The second kappa shape index (κ2) is 10.7. The lowest BCUT2D eigenvalue weighted by Gasteiger charge is -2.14. The fraction of sp³-hybridized carbons (Fsp3) is 0.333. The molecule has 0 aliphatic carbocycles. The Bertz CT molecular complexity index is 839. The number of hydrogen-bond acceptors (Lipinski definition) is 5. The fourth-order valence-electron chi connectivity index (χ4n) is 2.30. The molecule has 0 radical (unpaired) electrons. The Balaban J connectivity index is 1.94. The molecule has 0 spiro atoms. The standard InChI is InChI=1S/C21H25BrN2O4/c1-5-10-27-19-9-7-16(12-20(19)26-4)13-23-24-21(25)15(3)28-18-8-6-14(2)11-17(18)22/h6-9,11-13,15H,5,10H2,1-4H3,(H,24,25). The minimum atomic E-state index is -0.699. The predicted octanol–water partition coefficient (Wildman–Crippen LogP) is 4.47. The third kappa shape index (κ3) is 6.27. The van der Waals surface area contributed by atoms with Crippen LogP contribution in [0.4, 0.5) is 0 Å². The average molecular weight is 449 g/mol. The van der Waals surface area contributed by atoms with Gasteiger partial charge in [-0.05, 0) is 77.7 Å². The Morgan fingerprint density at radius 1 is 1.21 bits per heavy atom. The molecule has 1 amide bonds. The number of halogens is 1. The minimum Gasteiger partial charge on any atom is -0.493 e. The van der Waals surface area contributed by atoms with Gasteiger partial charge in [0.25, 0.3) is 5.91 Å². The molecule has 0 saturated heterocycles. The molecule has 1 N–H and O–H groups in total. The van der Waals surface area contributed by atoms with E-state index in [2.05, 4.69) is 26.5 Å². The number of hydrazone groups is 1. The van der Waals surface area contributed by atoms with E-state index >= 15 is 0 Å². The van der Waals surface area contributed by atoms with Crippen molar-refractivity contribution in [2.24, 2.45) is 5.10 Å². The number of nitrogens with zero attached hydrogens (tertiary/aromatic N) is 1. The van der Waals surface area contributed by atoms with E-state index in [-0.39, 0.29) is 5.91 Å². The summed E-state index contributed by atoms with van der Waals surface area (Å²) in [6.45, 7) is 6.31. The van der Waals surface area contributed by atoms with Crippen LogP contribution in [-0.4, -0.2) is 31.9 Å². The van der Waals surface area contributed by atoms with Crippen molar-refractivity contribution in [1.29, 1.82) is 0 Å². The fourth-order valence-corrected chi connectivity index (χ4v) is 2.89. The summed E-state index contributed by atoms with van der Waals surface area (Å²) in [7, 11) is 1.58. The van der Waals surface area contributed by atoms with E-state index in [1.54, 1.807) is 26.3 Å². The van der Waals surface area contributed by atoms with E-state index in [1.807, 2.05) is 44.2 Å². The van der Waals surface area contributed by atoms with Crippen molar-refractivity contribution in [1.82, 2.24) is 5.43 Å². The molecular formula is C21H25BrN2O4. The summed E-state index contributed by atoms with van der Waals surface area (Å²) >= 11 is 3.43. The highest BCUT2D eigenvalue weighted by molar-refractivity contribution is 9.10.